The zero-order valence-corrected chi connectivity index (χ0v) is 10.2. The Morgan fingerprint density at radius 3 is 2.41 bits per heavy atom. The highest BCUT2D eigenvalue weighted by Gasteiger charge is 2.16. The average Bonchev–Trinajstić information content (AvgIpc) is 2.70. The van der Waals surface area contributed by atoms with E-state index in [1.54, 1.807) is 11.3 Å². The van der Waals surface area contributed by atoms with Crippen LogP contribution in [0.25, 0.3) is 0 Å². The van der Waals surface area contributed by atoms with Crippen molar-refractivity contribution in [2.24, 2.45) is 5.73 Å². The molecule has 2 aromatic rings. The van der Waals surface area contributed by atoms with Crippen molar-refractivity contribution in [2.75, 3.05) is 0 Å². The summed E-state index contributed by atoms with van der Waals surface area (Å²) in [6, 6.07) is 5.41. The van der Waals surface area contributed by atoms with Crippen LogP contribution in [-0.2, 0) is 6.42 Å². The molecular formula is C13H13F2NS. The van der Waals surface area contributed by atoms with Crippen LogP contribution in [0, 0.1) is 18.6 Å². The van der Waals surface area contributed by atoms with Gasteiger partial charge in [0, 0.05) is 16.5 Å². The molecule has 0 radical (unpaired) electrons. The Kier molecular flexibility index (Phi) is 3.54. The summed E-state index contributed by atoms with van der Waals surface area (Å²) in [7, 11) is 0. The van der Waals surface area contributed by atoms with E-state index in [-0.39, 0.29) is 18.0 Å². The minimum Gasteiger partial charge on any atom is -0.324 e. The zero-order valence-electron chi connectivity index (χ0n) is 9.41. The van der Waals surface area contributed by atoms with Crippen molar-refractivity contribution >= 4 is 11.3 Å². The monoisotopic (exact) mass is 253 g/mol. The lowest BCUT2D eigenvalue weighted by Gasteiger charge is -2.12. The smallest absolute Gasteiger partial charge is 0.129 e. The molecule has 0 aliphatic rings. The van der Waals surface area contributed by atoms with Gasteiger partial charge in [-0.25, -0.2) is 8.78 Å². The quantitative estimate of drug-likeness (QED) is 0.889. The number of halogens is 2. The van der Waals surface area contributed by atoms with Gasteiger partial charge in [-0.2, -0.15) is 0 Å². The fraction of sp³-hybridized carbons (Fsp3) is 0.231. The average molecular weight is 253 g/mol. The van der Waals surface area contributed by atoms with Gasteiger partial charge >= 0.3 is 0 Å². The van der Waals surface area contributed by atoms with Crippen LogP contribution in [0.2, 0.25) is 0 Å². The molecule has 4 heteroatoms. The highest BCUT2D eigenvalue weighted by molar-refractivity contribution is 7.10. The highest BCUT2D eigenvalue weighted by Crippen LogP contribution is 2.25. The predicted octanol–water partition coefficient (Wildman–Crippen LogP) is 3.58. The first-order chi connectivity index (χ1) is 8.09. The number of hydrogen-bond donors (Lipinski definition) is 1. The van der Waals surface area contributed by atoms with Crippen molar-refractivity contribution in [3.05, 3.63) is 57.3 Å². The molecule has 1 atom stereocenters. The van der Waals surface area contributed by atoms with Gasteiger partial charge in [0.1, 0.15) is 11.6 Å². The Balaban J connectivity index is 2.25. The normalized spacial score (nSPS) is 12.7. The molecule has 0 bridgehead atoms. The van der Waals surface area contributed by atoms with Gasteiger partial charge < -0.3 is 5.73 Å². The first kappa shape index (κ1) is 12.2. The first-order valence-electron chi connectivity index (χ1n) is 5.32. The second-order valence-corrected chi connectivity index (χ2v) is 5.06. The van der Waals surface area contributed by atoms with Crippen molar-refractivity contribution in [3.8, 4) is 0 Å². The third kappa shape index (κ3) is 2.53. The van der Waals surface area contributed by atoms with Gasteiger partial charge in [-0.1, -0.05) is 6.07 Å². The molecule has 0 aliphatic heterocycles. The van der Waals surface area contributed by atoms with E-state index in [9.17, 15) is 8.78 Å². The van der Waals surface area contributed by atoms with E-state index in [4.69, 9.17) is 5.73 Å². The minimum atomic E-state index is -0.534. The van der Waals surface area contributed by atoms with E-state index in [1.165, 1.54) is 18.2 Å². The fourth-order valence-corrected chi connectivity index (χ4v) is 2.61. The maximum atomic E-state index is 13.5. The van der Waals surface area contributed by atoms with E-state index in [0.717, 1.165) is 10.4 Å². The Bertz CT molecular complexity index is 502. The van der Waals surface area contributed by atoms with E-state index in [0.29, 0.717) is 0 Å². The lowest BCUT2D eigenvalue weighted by molar-refractivity contribution is 0.539. The standard InChI is InChI=1S/C13H13F2NS/c1-8-9(5-6-17-8)13(16)7-10-11(14)3-2-4-12(10)15/h2-6,13H,7,16H2,1H3. The molecule has 1 nitrogen and oxygen atoms in total. The molecule has 90 valence electrons. The van der Waals surface area contributed by atoms with E-state index < -0.39 is 11.6 Å². The van der Waals surface area contributed by atoms with Crippen LogP contribution in [0.5, 0.6) is 0 Å². The van der Waals surface area contributed by atoms with Gasteiger partial charge in [0.15, 0.2) is 0 Å². The molecule has 0 spiro atoms. The lowest BCUT2D eigenvalue weighted by Crippen LogP contribution is -2.15. The van der Waals surface area contributed by atoms with Crippen molar-refractivity contribution in [1.29, 1.82) is 0 Å². The SMILES string of the molecule is Cc1sccc1C(N)Cc1c(F)cccc1F. The second kappa shape index (κ2) is 4.94. The first-order valence-corrected chi connectivity index (χ1v) is 6.20. The van der Waals surface area contributed by atoms with Crippen LogP contribution < -0.4 is 5.73 Å². The van der Waals surface area contributed by atoms with Crippen molar-refractivity contribution in [2.45, 2.75) is 19.4 Å². The van der Waals surface area contributed by atoms with Gasteiger partial charge in [0.05, 0.1) is 0 Å². The molecular weight excluding hydrogens is 240 g/mol. The molecule has 17 heavy (non-hydrogen) atoms. The summed E-state index contributed by atoms with van der Waals surface area (Å²) in [5.74, 6) is -1.07. The highest BCUT2D eigenvalue weighted by atomic mass is 32.1. The maximum absolute atomic E-state index is 13.5. The molecule has 0 saturated carbocycles. The number of thiophene rings is 1. The lowest BCUT2D eigenvalue weighted by atomic mass is 10.00. The third-order valence-electron chi connectivity index (χ3n) is 2.78. The van der Waals surface area contributed by atoms with Crippen LogP contribution in [0.4, 0.5) is 8.78 Å². The van der Waals surface area contributed by atoms with Gasteiger partial charge in [-0.15, -0.1) is 11.3 Å². The van der Waals surface area contributed by atoms with E-state index >= 15 is 0 Å². The van der Waals surface area contributed by atoms with Crippen molar-refractivity contribution in [3.63, 3.8) is 0 Å². The molecule has 0 saturated heterocycles. The van der Waals surface area contributed by atoms with Crippen molar-refractivity contribution < 1.29 is 8.78 Å². The third-order valence-corrected chi connectivity index (χ3v) is 3.65. The fourth-order valence-electron chi connectivity index (χ4n) is 1.84. The zero-order chi connectivity index (χ0) is 12.4. The largest absolute Gasteiger partial charge is 0.324 e. The molecule has 0 aliphatic carbocycles. The van der Waals surface area contributed by atoms with Gasteiger partial charge in [-0.3, -0.25) is 0 Å². The Morgan fingerprint density at radius 2 is 1.88 bits per heavy atom. The summed E-state index contributed by atoms with van der Waals surface area (Å²) >= 11 is 1.58. The van der Waals surface area contributed by atoms with Gasteiger partial charge in [0.25, 0.3) is 0 Å². The van der Waals surface area contributed by atoms with Crippen LogP contribution >= 0.6 is 11.3 Å². The molecule has 1 heterocycles. The summed E-state index contributed by atoms with van der Waals surface area (Å²) < 4.78 is 26.9. The molecule has 1 aromatic carbocycles. The predicted molar refractivity (Wildman–Crippen MR) is 66.0 cm³/mol. The van der Waals surface area contributed by atoms with Crippen molar-refractivity contribution in [1.82, 2.24) is 0 Å². The molecule has 0 amide bonds. The summed E-state index contributed by atoms with van der Waals surface area (Å²) in [4.78, 5) is 1.09. The second-order valence-electron chi connectivity index (χ2n) is 3.94. The topological polar surface area (TPSA) is 26.0 Å². The Morgan fingerprint density at radius 1 is 1.24 bits per heavy atom. The number of hydrogen-bond acceptors (Lipinski definition) is 2. The summed E-state index contributed by atoms with van der Waals surface area (Å²) in [5.41, 5.74) is 7.00. The maximum Gasteiger partial charge on any atom is 0.129 e. The van der Waals surface area contributed by atoms with Crippen LogP contribution in [-0.4, -0.2) is 0 Å². The van der Waals surface area contributed by atoms with Gasteiger partial charge in [-0.05, 0) is 42.5 Å². The minimum absolute atomic E-state index is 0.0607. The summed E-state index contributed by atoms with van der Waals surface area (Å²) in [6.07, 6.45) is 0.177. The number of aryl methyl sites for hydroxylation is 1. The van der Waals surface area contributed by atoms with E-state index in [1.807, 2.05) is 18.4 Å². The molecule has 2 rings (SSSR count). The Hall–Kier alpha value is -1.26. The van der Waals surface area contributed by atoms with Crippen LogP contribution in [0.3, 0.4) is 0 Å². The van der Waals surface area contributed by atoms with E-state index in [2.05, 4.69) is 0 Å². The number of rotatable bonds is 3. The van der Waals surface area contributed by atoms with Crippen LogP contribution in [0.15, 0.2) is 29.6 Å². The molecule has 0 fully saturated rings. The molecule has 1 aromatic heterocycles. The molecule has 2 N–H and O–H groups in total. The number of benzene rings is 1. The summed E-state index contributed by atoms with van der Waals surface area (Å²) in [5, 5.41) is 1.93. The van der Waals surface area contributed by atoms with Crippen LogP contribution in [0.1, 0.15) is 22.0 Å². The molecule has 1 unspecified atom stereocenters. The van der Waals surface area contributed by atoms with Gasteiger partial charge in [0.2, 0.25) is 0 Å². The summed E-state index contributed by atoms with van der Waals surface area (Å²) in [6.45, 7) is 1.96. The Labute approximate surface area is 103 Å². The number of nitrogens with two attached hydrogens (primary N) is 1.